The van der Waals surface area contributed by atoms with Gasteiger partial charge in [0.05, 0.1) is 7.11 Å². The molecule has 114 valence electrons. The van der Waals surface area contributed by atoms with Gasteiger partial charge in [-0.25, -0.2) is 9.59 Å². The number of carboxylic acid groups (broad SMARTS) is 1. The second-order valence-corrected chi connectivity index (χ2v) is 3.96. The average molecular weight is 299 g/mol. The number of carbonyl (C=O) groups excluding carboxylic acids is 2. The lowest BCUT2D eigenvalue weighted by atomic mass is 10.1. The summed E-state index contributed by atoms with van der Waals surface area (Å²) in [5.41, 5.74) is -2.19. The minimum absolute atomic E-state index is 0.199. The van der Waals surface area contributed by atoms with Crippen LogP contribution in [0.25, 0.3) is 0 Å². The number of H-pyrrole nitrogens is 2. The Morgan fingerprint density at radius 1 is 1.38 bits per heavy atom. The van der Waals surface area contributed by atoms with Gasteiger partial charge in [-0.3, -0.25) is 19.4 Å². The van der Waals surface area contributed by atoms with E-state index in [1.807, 2.05) is 4.98 Å². The van der Waals surface area contributed by atoms with Gasteiger partial charge in [-0.1, -0.05) is 0 Å². The number of rotatable bonds is 6. The van der Waals surface area contributed by atoms with Crippen LogP contribution in [-0.2, 0) is 14.3 Å². The van der Waals surface area contributed by atoms with Gasteiger partial charge >= 0.3 is 17.6 Å². The summed E-state index contributed by atoms with van der Waals surface area (Å²) in [6.07, 6.45) is 0.459. The second-order valence-electron chi connectivity index (χ2n) is 3.96. The number of aromatic amines is 2. The Morgan fingerprint density at radius 2 is 2.05 bits per heavy atom. The zero-order chi connectivity index (χ0) is 16.0. The van der Waals surface area contributed by atoms with Crippen molar-refractivity contribution in [2.45, 2.75) is 18.9 Å². The number of carboxylic acids is 1. The van der Waals surface area contributed by atoms with Gasteiger partial charge in [-0.2, -0.15) is 0 Å². The molecule has 1 heterocycles. The van der Waals surface area contributed by atoms with Gasteiger partial charge in [0.15, 0.2) is 0 Å². The molecule has 0 aliphatic carbocycles. The smallest absolute Gasteiger partial charge is 0.326 e. The summed E-state index contributed by atoms with van der Waals surface area (Å²) in [5.74, 6) is -2.98. The first-order valence-electron chi connectivity index (χ1n) is 5.77. The summed E-state index contributed by atoms with van der Waals surface area (Å²) in [7, 11) is 1.15. The third-order valence-corrected chi connectivity index (χ3v) is 2.53. The van der Waals surface area contributed by atoms with E-state index in [1.54, 1.807) is 0 Å². The van der Waals surface area contributed by atoms with Crippen molar-refractivity contribution in [2.24, 2.45) is 0 Å². The van der Waals surface area contributed by atoms with Crippen molar-refractivity contribution in [1.29, 1.82) is 0 Å². The number of hydrogen-bond acceptors (Lipinski definition) is 6. The van der Waals surface area contributed by atoms with E-state index < -0.39 is 40.7 Å². The highest BCUT2D eigenvalue weighted by molar-refractivity contribution is 5.96. The van der Waals surface area contributed by atoms with E-state index in [0.29, 0.717) is 0 Å². The SMILES string of the molecule is COC(=O)CC[C@@H](NC(=O)c1c[nH]c(=O)[nH]c1=O)C(=O)O. The van der Waals surface area contributed by atoms with Gasteiger partial charge in [0, 0.05) is 12.6 Å². The van der Waals surface area contributed by atoms with Gasteiger partial charge in [0.25, 0.3) is 11.5 Å². The first-order valence-corrected chi connectivity index (χ1v) is 5.77. The zero-order valence-corrected chi connectivity index (χ0v) is 11.0. The topological polar surface area (TPSA) is 158 Å². The lowest BCUT2D eigenvalue weighted by Gasteiger charge is -2.13. The number of ether oxygens (including phenoxy) is 1. The fourth-order valence-corrected chi connectivity index (χ4v) is 1.44. The monoisotopic (exact) mass is 299 g/mol. The average Bonchev–Trinajstić information content (AvgIpc) is 2.42. The van der Waals surface area contributed by atoms with Crippen molar-refractivity contribution in [3.63, 3.8) is 0 Å². The molecule has 1 atom stereocenters. The van der Waals surface area contributed by atoms with Crippen molar-refractivity contribution >= 4 is 17.8 Å². The molecule has 0 radical (unpaired) electrons. The Kier molecular flexibility index (Phi) is 5.40. The van der Waals surface area contributed by atoms with Crippen LogP contribution >= 0.6 is 0 Å². The number of hydrogen-bond donors (Lipinski definition) is 4. The van der Waals surface area contributed by atoms with Crippen LogP contribution in [0.3, 0.4) is 0 Å². The fourth-order valence-electron chi connectivity index (χ4n) is 1.44. The second kappa shape index (κ2) is 7.03. The third-order valence-electron chi connectivity index (χ3n) is 2.53. The largest absolute Gasteiger partial charge is 0.480 e. The van der Waals surface area contributed by atoms with Crippen molar-refractivity contribution < 1.29 is 24.2 Å². The van der Waals surface area contributed by atoms with E-state index in [1.165, 1.54) is 0 Å². The summed E-state index contributed by atoms with van der Waals surface area (Å²) in [6.45, 7) is 0. The first kappa shape index (κ1) is 16.1. The number of amides is 1. The number of nitrogens with one attached hydrogen (secondary N) is 3. The van der Waals surface area contributed by atoms with E-state index in [0.717, 1.165) is 13.3 Å². The van der Waals surface area contributed by atoms with Crippen molar-refractivity contribution in [3.8, 4) is 0 Å². The van der Waals surface area contributed by atoms with Crippen molar-refractivity contribution in [3.05, 3.63) is 32.6 Å². The van der Waals surface area contributed by atoms with Crippen LogP contribution in [0.5, 0.6) is 0 Å². The number of carbonyl (C=O) groups is 3. The fraction of sp³-hybridized carbons (Fsp3) is 0.364. The predicted octanol–water partition coefficient (Wildman–Crippen LogP) is -1.80. The van der Waals surface area contributed by atoms with Crippen LogP contribution in [-0.4, -0.2) is 46.1 Å². The van der Waals surface area contributed by atoms with Crippen LogP contribution in [0.1, 0.15) is 23.2 Å². The summed E-state index contributed by atoms with van der Waals surface area (Å²) < 4.78 is 4.36. The highest BCUT2D eigenvalue weighted by Gasteiger charge is 2.23. The standard InChI is InChI=1S/C11H13N3O7/c1-21-7(15)3-2-6(10(18)19)13-8(16)5-4-12-11(20)14-9(5)17/h4,6H,2-3H2,1H3,(H,13,16)(H,18,19)(H2,12,14,17,20)/t6-/m1/s1. The van der Waals surface area contributed by atoms with Crippen LogP contribution < -0.4 is 16.6 Å². The van der Waals surface area contributed by atoms with Gasteiger partial charge < -0.3 is 20.1 Å². The highest BCUT2D eigenvalue weighted by Crippen LogP contribution is 2.01. The summed E-state index contributed by atoms with van der Waals surface area (Å²) in [4.78, 5) is 59.9. The van der Waals surface area contributed by atoms with Crippen molar-refractivity contribution in [2.75, 3.05) is 7.11 Å². The number of aliphatic carboxylic acids is 1. The maximum absolute atomic E-state index is 11.8. The van der Waals surface area contributed by atoms with Gasteiger partial charge in [-0.15, -0.1) is 0 Å². The molecule has 1 amide bonds. The Bertz CT molecular complexity index is 660. The molecule has 0 fully saturated rings. The molecule has 0 spiro atoms. The van der Waals surface area contributed by atoms with Crippen LogP contribution in [0, 0.1) is 0 Å². The molecule has 0 aliphatic heterocycles. The van der Waals surface area contributed by atoms with E-state index in [9.17, 15) is 24.0 Å². The molecule has 21 heavy (non-hydrogen) atoms. The Labute approximate surface area is 117 Å². The third kappa shape index (κ3) is 4.60. The molecule has 10 heteroatoms. The molecule has 0 aliphatic rings. The molecule has 4 N–H and O–H groups in total. The van der Waals surface area contributed by atoms with E-state index in [2.05, 4.69) is 15.0 Å². The van der Waals surface area contributed by atoms with Gasteiger partial charge in [-0.05, 0) is 6.42 Å². The van der Waals surface area contributed by atoms with Crippen molar-refractivity contribution in [1.82, 2.24) is 15.3 Å². The maximum Gasteiger partial charge on any atom is 0.326 e. The minimum atomic E-state index is -1.37. The van der Waals surface area contributed by atoms with E-state index in [-0.39, 0.29) is 12.8 Å². The summed E-state index contributed by atoms with van der Waals surface area (Å²) in [5, 5.41) is 11.0. The molecule has 0 aromatic carbocycles. The number of esters is 1. The molecule has 0 saturated carbocycles. The van der Waals surface area contributed by atoms with Crippen LogP contribution in [0.15, 0.2) is 15.8 Å². The molecule has 1 aromatic rings. The predicted molar refractivity (Wildman–Crippen MR) is 67.8 cm³/mol. The van der Waals surface area contributed by atoms with Gasteiger partial charge in [0.2, 0.25) is 0 Å². The van der Waals surface area contributed by atoms with E-state index in [4.69, 9.17) is 5.11 Å². The molecule has 0 bridgehead atoms. The lowest BCUT2D eigenvalue weighted by molar-refractivity contribution is -0.142. The summed E-state index contributed by atoms with van der Waals surface area (Å²) in [6, 6.07) is -1.37. The molecular weight excluding hydrogens is 286 g/mol. The Morgan fingerprint density at radius 3 is 2.57 bits per heavy atom. The lowest BCUT2D eigenvalue weighted by Crippen LogP contribution is -2.43. The molecule has 1 rings (SSSR count). The molecule has 0 saturated heterocycles. The number of aromatic nitrogens is 2. The first-order chi connectivity index (χ1) is 9.85. The molecule has 10 nitrogen and oxygen atoms in total. The van der Waals surface area contributed by atoms with Crippen LogP contribution in [0.2, 0.25) is 0 Å². The molecular formula is C11H13N3O7. The molecule has 1 aromatic heterocycles. The van der Waals surface area contributed by atoms with Crippen LogP contribution in [0.4, 0.5) is 0 Å². The minimum Gasteiger partial charge on any atom is -0.480 e. The quantitative estimate of drug-likeness (QED) is 0.451. The Balaban J connectivity index is 2.81. The normalized spacial score (nSPS) is 11.5. The van der Waals surface area contributed by atoms with Gasteiger partial charge in [0.1, 0.15) is 11.6 Å². The Hall–Kier alpha value is -2.91. The molecule has 0 unspecified atom stereocenters. The van der Waals surface area contributed by atoms with E-state index >= 15 is 0 Å². The highest BCUT2D eigenvalue weighted by atomic mass is 16.5. The number of methoxy groups -OCH3 is 1. The maximum atomic E-state index is 11.8. The zero-order valence-electron chi connectivity index (χ0n) is 11.0. The summed E-state index contributed by atoms with van der Waals surface area (Å²) >= 11 is 0.